The molecule has 0 aromatic heterocycles. The second kappa shape index (κ2) is 6.52. The molecule has 0 aliphatic rings. The highest BCUT2D eigenvalue weighted by molar-refractivity contribution is 5.70. The Morgan fingerprint density at radius 2 is 1.78 bits per heavy atom. The molecule has 4 nitrogen and oxygen atoms in total. The van der Waals surface area contributed by atoms with Crippen LogP contribution >= 0.6 is 0 Å². The molecule has 18 heavy (non-hydrogen) atoms. The van der Waals surface area contributed by atoms with Crippen molar-refractivity contribution in [3.63, 3.8) is 0 Å². The summed E-state index contributed by atoms with van der Waals surface area (Å²) in [7, 11) is 1.30. The van der Waals surface area contributed by atoms with Crippen LogP contribution in [-0.4, -0.2) is 24.2 Å². The molecule has 1 aromatic carbocycles. The Hall–Kier alpha value is -1.39. The summed E-state index contributed by atoms with van der Waals surface area (Å²) in [5.74, 6) is 0.0280. The molecular weight excluding hydrogens is 230 g/mol. The number of hydrogen-bond acceptors (Lipinski definition) is 4. The molecule has 0 radical (unpaired) electrons. The Balaban J connectivity index is 2.71. The van der Waals surface area contributed by atoms with Crippen LogP contribution in [0.15, 0.2) is 24.3 Å². The molecule has 3 N–H and O–H groups in total. The summed E-state index contributed by atoms with van der Waals surface area (Å²) in [5.41, 5.74) is 7.69. The Bertz CT molecular complexity index is 387. The molecule has 2 unspecified atom stereocenters. The lowest BCUT2D eigenvalue weighted by Crippen LogP contribution is -2.31. The van der Waals surface area contributed by atoms with Gasteiger partial charge in [-0.15, -0.1) is 0 Å². The summed E-state index contributed by atoms with van der Waals surface area (Å²) in [6.07, 6.45) is -0.853. The maximum atomic E-state index is 11.1. The summed E-state index contributed by atoms with van der Waals surface area (Å²) in [6.45, 7) is 4.21. The van der Waals surface area contributed by atoms with Crippen LogP contribution in [0.2, 0.25) is 0 Å². The Morgan fingerprint density at radius 1 is 1.28 bits per heavy atom. The number of hydrogen-bond donors (Lipinski definition) is 2. The number of carbonyl (C=O) groups is 1. The molecule has 0 saturated carbocycles. The lowest BCUT2D eigenvalue weighted by Gasteiger charge is -2.18. The number of carbonyl (C=O) groups excluding carboxylic acids is 1. The summed E-state index contributed by atoms with van der Waals surface area (Å²) >= 11 is 0. The van der Waals surface area contributed by atoms with E-state index in [9.17, 15) is 9.90 Å². The summed E-state index contributed by atoms with van der Waals surface area (Å²) in [4.78, 5) is 11.1. The zero-order chi connectivity index (χ0) is 13.7. The summed E-state index contributed by atoms with van der Waals surface area (Å²) in [6, 6.07) is 6.97. The number of esters is 1. The maximum Gasteiger partial charge on any atom is 0.307 e. The Labute approximate surface area is 108 Å². The SMILES string of the molecule is COC(=O)CC(N)C(O)c1ccc(C(C)C)cc1. The van der Waals surface area contributed by atoms with Crippen LogP contribution < -0.4 is 5.73 Å². The minimum Gasteiger partial charge on any atom is -0.469 e. The van der Waals surface area contributed by atoms with Crippen molar-refractivity contribution in [2.75, 3.05) is 7.11 Å². The lowest BCUT2D eigenvalue weighted by atomic mass is 9.96. The first kappa shape index (κ1) is 14.7. The fraction of sp³-hybridized carbons (Fsp3) is 0.500. The van der Waals surface area contributed by atoms with Gasteiger partial charge in [-0.1, -0.05) is 38.1 Å². The van der Waals surface area contributed by atoms with Gasteiger partial charge in [-0.05, 0) is 17.0 Å². The van der Waals surface area contributed by atoms with E-state index >= 15 is 0 Å². The van der Waals surface area contributed by atoms with E-state index in [1.54, 1.807) is 0 Å². The first-order valence-electron chi connectivity index (χ1n) is 6.06. The van der Waals surface area contributed by atoms with Crippen molar-refractivity contribution in [1.82, 2.24) is 0 Å². The molecule has 0 saturated heterocycles. The standard InChI is InChI=1S/C14H21NO3/c1-9(2)10-4-6-11(7-5-10)14(17)12(15)8-13(16)18-3/h4-7,9,12,14,17H,8,15H2,1-3H3. The predicted octanol–water partition coefficient (Wildman–Crippen LogP) is 1.73. The highest BCUT2D eigenvalue weighted by atomic mass is 16.5. The van der Waals surface area contributed by atoms with Crippen LogP contribution in [-0.2, 0) is 9.53 Å². The Morgan fingerprint density at radius 3 is 2.22 bits per heavy atom. The molecule has 0 aliphatic carbocycles. The minimum atomic E-state index is -0.856. The largest absolute Gasteiger partial charge is 0.469 e. The lowest BCUT2D eigenvalue weighted by molar-refractivity contribution is -0.141. The van der Waals surface area contributed by atoms with Gasteiger partial charge in [0, 0.05) is 6.04 Å². The van der Waals surface area contributed by atoms with E-state index in [0.29, 0.717) is 5.92 Å². The average Bonchev–Trinajstić information content (AvgIpc) is 2.37. The highest BCUT2D eigenvalue weighted by Crippen LogP contribution is 2.21. The van der Waals surface area contributed by atoms with Crippen molar-refractivity contribution in [3.8, 4) is 0 Å². The fourth-order valence-electron chi connectivity index (χ4n) is 1.71. The topological polar surface area (TPSA) is 72.5 Å². The molecule has 0 spiro atoms. The van der Waals surface area contributed by atoms with Gasteiger partial charge in [-0.2, -0.15) is 0 Å². The monoisotopic (exact) mass is 251 g/mol. The van der Waals surface area contributed by atoms with Gasteiger partial charge >= 0.3 is 5.97 Å². The molecule has 1 rings (SSSR count). The van der Waals surface area contributed by atoms with Gasteiger partial charge in [0.25, 0.3) is 0 Å². The number of methoxy groups -OCH3 is 1. The maximum absolute atomic E-state index is 11.1. The number of rotatable bonds is 5. The molecule has 1 aromatic rings. The van der Waals surface area contributed by atoms with Gasteiger partial charge in [0.2, 0.25) is 0 Å². The molecule has 0 fully saturated rings. The van der Waals surface area contributed by atoms with Crippen molar-refractivity contribution in [2.24, 2.45) is 5.73 Å². The van der Waals surface area contributed by atoms with Gasteiger partial charge in [0.05, 0.1) is 19.6 Å². The van der Waals surface area contributed by atoms with E-state index in [4.69, 9.17) is 5.73 Å². The van der Waals surface area contributed by atoms with E-state index < -0.39 is 18.1 Å². The van der Waals surface area contributed by atoms with Crippen molar-refractivity contribution >= 4 is 5.97 Å². The van der Waals surface area contributed by atoms with Gasteiger partial charge < -0.3 is 15.6 Å². The van der Waals surface area contributed by atoms with E-state index in [-0.39, 0.29) is 6.42 Å². The van der Waals surface area contributed by atoms with Gasteiger partial charge in [0.15, 0.2) is 0 Å². The third kappa shape index (κ3) is 3.82. The fourth-order valence-corrected chi connectivity index (χ4v) is 1.71. The third-order valence-corrected chi connectivity index (χ3v) is 2.98. The van der Waals surface area contributed by atoms with Crippen molar-refractivity contribution in [3.05, 3.63) is 35.4 Å². The molecule has 0 heterocycles. The van der Waals surface area contributed by atoms with Crippen LogP contribution in [0.1, 0.15) is 43.4 Å². The second-order valence-corrected chi connectivity index (χ2v) is 4.71. The van der Waals surface area contributed by atoms with Crippen molar-refractivity contribution in [2.45, 2.75) is 38.3 Å². The highest BCUT2D eigenvalue weighted by Gasteiger charge is 2.20. The van der Waals surface area contributed by atoms with E-state index in [1.165, 1.54) is 12.7 Å². The molecular formula is C14H21NO3. The summed E-state index contributed by atoms with van der Waals surface area (Å²) < 4.78 is 4.53. The number of ether oxygens (including phenoxy) is 1. The smallest absolute Gasteiger partial charge is 0.307 e. The van der Waals surface area contributed by atoms with Crippen LogP contribution in [0.5, 0.6) is 0 Å². The van der Waals surface area contributed by atoms with Crippen molar-refractivity contribution < 1.29 is 14.6 Å². The first-order valence-corrected chi connectivity index (χ1v) is 6.06. The van der Waals surface area contributed by atoms with E-state index in [0.717, 1.165) is 5.56 Å². The van der Waals surface area contributed by atoms with Gasteiger partial charge in [-0.3, -0.25) is 4.79 Å². The number of nitrogens with two attached hydrogens (primary N) is 1. The van der Waals surface area contributed by atoms with Gasteiger partial charge in [-0.25, -0.2) is 0 Å². The van der Waals surface area contributed by atoms with Crippen molar-refractivity contribution in [1.29, 1.82) is 0 Å². The molecule has 2 atom stereocenters. The molecule has 0 bridgehead atoms. The van der Waals surface area contributed by atoms with Gasteiger partial charge in [0.1, 0.15) is 0 Å². The number of aliphatic hydroxyl groups is 1. The zero-order valence-corrected chi connectivity index (χ0v) is 11.1. The second-order valence-electron chi connectivity index (χ2n) is 4.71. The normalized spacial score (nSPS) is 14.3. The molecule has 0 amide bonds. The van der Waals surface area contributed by atoms with E-state index in [2.05, 4.69) is 18.6 Å². The number of aliphatic hydroxyl groups excluding tert-OH is 1. The van der Waals surface area contributed by atoms with Crippen LogP contribution in [0.25, 0.3) is 0 Å². The van der Waals surface area contributed by atoms with Crippen LogP contribution in [0, 0.1) is 0 Å². The zero-order valence-electron chi connectivity index (χ0n) is 11.1. The quantitative estimate of drug-likeness (QED) is 0.782. The van der Waals surface area contributed by atoms with Crippen LogP contribution in [0.4, 0.5) is 0 Å². The Kier molecular flexibility index (Phi) is 5.31. The number of benzene rings is 1. The molecule has 0 aliphatic heterocycles. The molecule has 100 valence electrons. The predicted molar refractivity (Wildman–Crippen MR) is 70.1 cm³/mol. The van der Waals surface area contributed by atoms with Crippen LogP contribution in [0.3, 0.4) is 0 Å². The summed E-state index contributed by atoms with van der Waals surface area (Å²) in [5, 5.41) is 10.0. The third-order valence-electron chi connectivity index (χ3n) is 2.98. The average molecular weight is 251 g/mol. The van der Waals surface area contributed by atoms with E-state index in [1.807, 2.05) is 24.3 Å². The first-order chi connectivity index (χ1) is 8.45. The minimum absolute atomic E-state index is 0.00357. The molecule has 4 heteroatoms.